The lowest BCUT2D eigenvalue weighted by atomic mass is 9.75. The Hall–Kier alpha value is -0.160. The molecule has 2 atom stereocenters. The fraction of sp³-hybridized carbons (Fsp3) is 1.00. The summed E-state index contributed by atoms with van der Waals surface area (Å²) in [7, 11) is 0. The van der Waals surface area contributed by atoms with Gasteiger partial charge in [0.25, 0.3) is 0 Å². The number of nitrogens with zero attached hydrogens (tertiary/aromatic N) is 1. The Labute approximate surface area is 134 Å². The maximum Gasteiger partial charge on any atom is 0.0678 e. The molecule has 0 amide bonds. The third-order valence-electron chi connectivity index (χ3n) is 6.47. The summed E-state index contributed by atoms with van der Waals surface area (Å²) >= 11 is 0. The molecule has 0 radical (unpaired) electrons. The Morgan fingerprint density at radius 2 is 1.91 bits per heavy atom. The third kappa shape index (κ3) is 3.08. The zero-order chi connectivity index (χ0) is 14.8. The molecule has 3 heterocycles. The van der Waals surface area contributed by atoms with E-state index in [0.717, 1.165) is 39.1 Å². The first-order valence-corrected chi connectivity index (χ1v) is 9.37. The maximum atomic E-state index is 6.23. The summed E-state index contributed by atoms with van der Waals surface area (Å²) in [5.41, 5.74) is 0.277. The minimum absolute atomic E-state index is 0.277. The first kappa shape index (κ1) is 15.4. The van der Waals surface area contributed by atoms with E-state index < -0.39 is 0 Å². The summed E-state index contributed by atoms with van der Waals surface area (Å²) in [4.78, 5) is 2.74. The van der Waals surface area contributed by atoms with Crippen LogP contribution >= 0.6 is 0 Å². The van der Waals surface area contributed by atoms with Gasteiger partial charge < -0.3 is 14.2 Å². The molecule has 0 aromatic rings. The van der Waals surface area contributed by atoms with Crippen LogP contribution in [0.2, 0.25) is 0 Å². The van der Waals surface area contributed by atoms with Crippen molar-refractivity contribution in [3.8, 4) is 0 Å². The van der Waals surface area contributed by atoms with Gasteiger partial charge in [-0.1, -0.05) is 6.42 Å². The van der Waals surface area contributed by atoms with Crippen molar-refractivity contribution in [2.24, 2.45) is 11.3 Å². The van der Waals surface area contributed by atoms with Crippen LogP contribution in [0.3, 0.4) is 0 Å². The lowest BCUT2D eigenvalue weighted by Crippen LogP contribution is -2.56. The van der Waals surface area contributed by atoms with Gasteiger partial charge in [0, 0.05) is 51.0 Å². The van der Waals surface area contributed by atoms with Crippen molar-refractivity contribution >= 4 is 0 Å². The lowest BCUT2D eigenvalue weighted by molar-refractivity contribution is -0.0874. The Bertz CT molecular complexity index is 367. The van der Waals surface area contributed by atoms with Gasteiger partial charge in [0.15, 0.2) is 0 Å². The van der Waals surface area contributed by atoms with Crippen LogP contribution in [0.25, 0.3) is 0 Å². The van der Waals surface area contributed by atoms with Crippen LogP contribution in [0, 0.1) is 11.3 Å². The topological polar surface area (TPSA) is 30.9 Å². The van der Waals surface area contributed by atoms with Crippen molar-refractivity contribution in [3.05, 3.63) is 0 Å². The summed E-state index contributed by atoms with van der Waals surface area (Å²) in [6.45, 7) is 7.02. The van der Waals surface area contributed by atoms with E-state index in [2.05, 4.69) is 4.90 Å². The van der Waals surface area contributed by atoms with E-state index in [-0.39, 0.29) is 5.41 Å². The molecule has 4 fully saturated rings. The molecule has 126 valence electrons. The Balaban J connectivity index is 1.32. The molecule has 4 nitrogen and oxygen atoms in total. The number of ether oxygens (including phenoxy) is 3. The average molecular weight is 309 g/mol. The number of hydrogen-bond acceptors (Lipinski definition) is 4. The van der Waals surface area contributed by atoms with Crippen LogP contribution in [0.5, 0.6) is 0 Å². The molecular weight excluding hydrogens is 278 g/mol. The standard InChI is InChI=1S/C18H31NO3/c1-2-16(3-1)19-8-4-17-18(13-19,7-11-22-17)14-21-12-15-5-9-20-10-6-15/h15-17H,1-14H2/t17-,18+/m1/s1. The van der Waals surface area contributed by atoms with E-state index >= 15 is 0 Å². The highest BCUT2D eigenvalue weighted by Crippen LogP contribution is 2.43. The number of likely N-dealkylation sites (tertiary alicyclic amines) is 1. The van der Waals surface area contributed by atoms with Crippen molar-refractivity contribution in [3.63, 3.8) is 0 Å². The van der Waals surface area contributed by atoms with Gasteiger partial charge in [-0.2, -0.15) is 0 Å². The zero-order valence-corrected chi connectivity index (χ0v) is 13.8. The number of piperidine rings is 1. The monoisotopic (exact) mass is 309 g/mol. The molecule has 3 saturated heterocycles. The van der Waals surface area contributed by atoms with Gasteiger partial charge in [-0.25, -0.2) is 0 Å². The fourth-order valence-electron chi connectivity index (χ4n) is 4.70. The third-order valence-corrected chi connectivity index (χ3v) is 6.47. The lowest BCUT2D eigenvalue weighted by Gasteiger charge is -2.48. The predicted octanol–water partition coefficient (Wildman–Crippen LogP) is 2.46. The number of fused-ring (bicyclic) bond motifs is 1. The van der Waals surface area contributed by atoms with Gasteiger partial charge in [-0.05, 0) is 44.4 Å². The largest absolute Gasteiger partial charge is 0.381 e. The summed E-state index contributed by atoms with van der Waals surface area (Å²) in [5, 5.41) is 0. The molecule has 0 aromatic heterocycles. The molecule has 0 N–H and O–H groups in total. The van der Waals surface area contributed by atoms with Gasteiger partial charge in [0.1, 0.15) is 0 Å². The van der Waals surface area contributed by atoms with Crippen LogP contribution in [-0.2, 0) is 14.2 Å². The first-order valence-electron chi connectivity index (χ1n) is 9.37. The Morgan fingerprint density at radius 1 is 1.05 bits per heavy atom. The number of hydrogen-bond donors (Lipinski definition) is 0. The van der Waals surface area contributed by atoms with Gasteiger partial charge >= 0.3 is 0 Å². The second-order valence-electron chi connectivity index (χ2n) is 7.89. The van der Waals surface area contributed by atoms with Gasteiger partial charge in [-0.15, -0.1) is 0 Å². The zero-order valence-electron chi connectivity index (χ0n) is 13.8. The predicted molar refractivity (Wildman–Crippen MR) is 85.0 cm³/mol. The van der Waals surface area contributed by atoms with Crippen LogP contribution in [0.15, 0.2) is 0 Å². The van der Waals surface area contributed by atoms with Crippen LogP contribution < -0.4 is 0 Å². The summed E-state index contributed by atoms with van der Waals surface area (Å²) in [6.07, 6.45) is 9.41. The molecule has 1 aliphatic carbocycles. The molecule has 0 aromatic carbocycles. The van der Waals surface area contributed by atoms with Crippen molar-refractivity contribution < 1.29 is 14.2 Å². The maximum absolute atomic E-state index is 6.23. The van der Waals surface area contributed by atoms with Gasteiger partial charge in [0.05, 0.1) is 12.7 Å². The molecule has 3 aliphatic heterocycles. The van der Waals surface area contributed by atoms with Crippen molar-refractivity contribution in [2.75, 3.05) is 46.1 Å². The highest BCUT2D eigenvalue weighted by Gasteiger charge is 2.49. The SMILES string of the molecule is C1CC(N2CC[C@H]3OCC[C@@]3(COCC3CCOCC3)C2)C1. The molecule has 22 heavy (non-hydrogen) atoms. The van der Waals surface area contributed by atoms with E-state index in [9.17, 15) is 0 Å². The fourth-order valence-corrected chi connectivity index (χ4v) is 4.70. The smallest absolute Gasteiger partial charge is 0.0678 e. The van der Waals surface area contributed by atoms with Crippen LogP contribution in [-0.4, -0.2) is 63.2 Å². The highest BCUT2D eigenvalue weighted by molar-refractivity contribution is 5.00. The van der Waals surface area contributed by atoms with E-state index in [1.165, 1.54) is 58.0 Å². The molecule has 0 spiro atoms. The Kier molecular flexibility index (Phi) is 4.72. The van der Waals surface area contributed by atoms with Crippen molar-refractivity contribution in [1.82, 2.24) is 4.90 Å². The van der Waals surface area contributed by atoms with E-state index in [4.69, 9.17) is 14.2 Å². The first-order chi connectivity index (χ1) is 10.9. The molecule has 1 saturated carbocycles. The summed E-state index contributed by atoms with van der Waals surface area (Å²) < 4.78 is 17.7. The van der Waals surface area contributed by atoms with Gasteiger partial charge in [0.2, 0.25) is 0 Å². The molecule has 0 bridgehead atoms. The normalized spacial score (nSPS) is 37.9. The minimum atomic E-state index is 0.277. The second-order valence-corrected chi connectivity index (χ2v) is 7.89. The van der Waals surface area contributed by atoms with Crippen LogP contribution in [0.4, 0.5) is 0 Å². The molecule has 4 aliphatic rings. The number of rotatable bonds is 5. The summed E-state index contributed by atoms with van der Waals surface area (Å²) in [5.74, 6) is 0.706. The minimum Gasteiger partial charge on any atom is -0.381 e. The Morgan fingerprint density at radius 3 is 2.68 bits per heavy atom. The summed E-state index contributed by atoms with van der Waals surface area (Å²) in [6, 6.07) is 0.855. The van der Waals surface area contributed by atoms with Gasteiger partial charge in [-0.3, -0.25) is 4.90 Å². The highest BCUT2D eigenvalue weighted by atomic mass is 16.5. The molecule has 0 unspecified atom stereocenters. The second kappa shape index (κ2) is 6.76. The molecular formula is C18H31NO3. The van der Waals surface area contributed by atoms with E-state index in [1.54, 1.807) is 0 Å². The van der Waals surface area contributed by atoms with Crippen molar-refractivity contribution in [1.29, 1.82) is 0 Å². The quantitative estimate of drug-likeness (QED) is 0.780. The molecule has 4 heteroatoms. The van der Waals surface area contributed by atoms with E-state index in [1.807, 2.05) is 0 Å². The van der Waals surface area contributed by atoms with Crippen molar-refractivity contribution in [2.45, 2.75) is 57.1 Å². The van der Waals surface area contributed by atoms with Crippen LogP contribution in [0.1, 0.15) is 44.9 Å². The molecule has 4 rings (SSSR count). The van der Waals surface area contributed by atoms with E-state index in [0.29, 0.717) is 12.0 Å². The average Bonchev–Trinajstić information content (AvgIpc) is 2.90.